The first kappa shape index (κ1) is 19.6. The third-order valence-electron chi connectivity index (χ3n) is 3.98. The molecule has 2 N–H and O–H groups in total. The molecule has 0 aliphatic heterocycles. The lowest BCUT2D eigenvalue weighted by Crippen LogP contribution is -2.23. The van der Waals surface area contributed by atoms with E-state index < -0.39 is 0 Å². The highest BCUT2D eigenvalue weighted by atomic mass is 32.2. The molecule has 0 spiro atoms. The Hall–Kier alpha value is -3.12. The van der Waals surface area contributed by atoms with Crippen LogP contribution in [0.3, 0.4) is 0 Å². The molecule has 5 nitrogen and oxygen atoms in total. The van der Waals surface area contributed by atoms with Crippen molar-refractivity contribution in [2.75, 3.05) is 5.32 Å². The Morgan fingerprint density at radius 2 is 1.86 bits per heavy atom. The summed E-state index contributed by atoms with van der Waals surface area (Å²) in [5.74, 6) is -0.388. The molecule has 0 saturated heterocycles. The number of amides is 2. The molecule has 0 radical (unpaired) electrons. The second-order valence-corrected chi connectivity index (χ2v) is 7.47. The minimum atomic E-state index is -0.206. The summed E-state index contributed by atoms with van der Waals surface area (Å²) >= 11 is 1.54. The normalized spacial score (nSPS) is 10.4. The van der Waals surface area contributed by atoms with E-state index in [0.717, 1.165) is 15.4 Å². The third kappa shape index (κ3) is 5.44. The molecule has 0 aliphatic rings. The lowest BCUT2D eigenvalue weighted by atomic mass is 10.1. The first-order valence-electron chi connectivity index (χ1n) is 8.84. The van der Waals surface area contributed by atoms with Crippen LogP contribution >= 0.6 is 11.8 Å². The number of aromatic nitrogens is 1. The van der Waals surface area contributed by atoms with Crippen LogP contribution in [0.5, 0.6) is 0 Å². The van der Waals surface area contributed by atoms with Crippen molar-refractivity contribution in [3.63, 3.8) is 0 Å². The Morgan fingerprint density at radius 3 is 2.54 bits per heavy atom. The second kappa shape index (κ2) is 9.19. The molecule has 0 fully saturated rings. The maximum atomic E-state index is 12.5. The van der Waals surface area contributed by atoms with Gasteiger partial charge in [0.25, 0.3) is 5.91 Å². The third-order valence-corrected chi connectivity index (χ3v) is 5.06. The van der Waals surface area contributed by atoms with Crippen molar-refractivity contribution >= 4 is 29.3 Å². The number of hydrogen-bond donors (Lipinski definition) is 2. The van der Waals surface area contributed by atoms with E-state index in [9.17, 15) is 9.59 Å². The number of hydrogen-bond acceptors (Lipinski definition) is 4. The quantitative estimate of drug-likeness (QED) is 0.652. The molecular weight excluding hydrogens is 370 g/mol. The molecule has 2 aromatic carbocycles. The van der Waals surface area contributed by atoms with Crippen LogP contribution in [0.25, 0.3) is 0 Å². The van der Waals surface area contributed by atoms with Gasteiger partial charge in [-0.25, -0.2) is 0 Å². The molecular formula is C22H21N3O2S. The number of aryl methyl sites for hydroxylation is 1. The molecule has 1 heterocycles. The monoisotopic (exact) mass is 391 g/mol. The molecule has 2 amide bonds. The number of anilines is 1. The zero-order valence-electron chi connectivity index (χ0n) is 15.7. The Kier molecular flexibility index (Phi) is 6.45. The smallest absolute Gasteiger partial charge is 0.251 e. The number of rotatable bonds is 6. The average molecular weight is 391 g/mol. The van der Waals surface area contributed by atoms with Crippen LogP contribution in [0.15, 0.2) is 76.8 Å². The van der Waals surface area contributed by atoms with Gasteiger partial charge in [-0.05, 0) is 48.9 Å². The Labute approximate surface area is 168 Å². The summed E-state index contributed by atoms with van der Waals surface area (Å²) in [6, 6.07) is 17.2. The first-order valence-corrected chi connectivity index (χ1v) is 9.66. The maximum absolute atomic E-state index is 12.5. The zero-order chi connectivity index (χ0) is 19.9. The van der Waals surface area contributed by atoms with Gasteiger partial charge in [0.1, 0.15) is 0 Å². The van der Waals surface area contributed by atoms with E-state index in [1.165, 1.54) is 12.5 Å². The summed E-state index contributed by atoms with van der Waals surface area (Å²) < 4.78 is 0. The van der Waals surface area contributed by atoms with Gasteiger partial charge in [-0.2, -0.15) is 0 Å². The van der Waals surface area contributed by atoms with Gasteiger partial charge in [-0.3, -0.25) is 14.6 Å². The summed E-state index contributed by atoms with van der Waals surface area (Å²) in [5, 5.41) is 5.70. The molecule has 28 heavy (non-hydrogen) atoms. The Bertz CT molecular complexity index is 973. The molecule has 3 aromatic rings. The highest BCUT2D eigenvalue weighted by Gasteiger charge is 2.12. The fourth-order valence-corrected chi connectivity index (χ4v) is 3.45. The number of benzene rings is 2. The van der Waals surface area contributed by atoms with Crippen LogP contribution in [0.1, 0.15) is 28.4 Å². The van der Waals surface area contributed by atoms with E-state index in [1.54, 1.807) is 36.3 Å². The molecule has 0 unspecified atom stereocenters. The largest absolute Gasteiger partial charge is 0.348 e. The summed E-state index contributed by atoms with van der Waals surface area (Å²) in [7, 11) is 0. The lowest BCUT2D eigenvalue weighted by molar-refractivity contribution is -0.114. The van der Waals surface area contributed by atoms with Gasteiger partial charge < -0.3 is 10.6 Å². The second-order valence-electron chi connectivity index (χ2n) is 6.35. The average Bonchev–Trinajstić information content (AvgIpc) is 2.69. The van der Waals surface area contributed by atoms with Gasteiger partial charge in [0, 0.05) is 41.2 Å². The van der Waals surface area contributed by atoms with Crippen molar-refractivity contribution in [3.8, 4) is 0 Å². The zero-order valence-corrected chi connectivity index (χ0v) is 16.5. The van der Waals surface area contributed by atoms with E-state index in [4.69, 9.17) is 0 Å². The van der Waals surface area contributed by atoms with Gasteiger partial charge in [0.05, 0.1) is 5.69 Å². The van der Waals surface area contributed by atoms with Crippen molar-refractivity contribution < 1.29 is 9.59 Å². The van der Waals surface area contributed by atoms with Crippen LogP contribution in [-0.2, 0) is 11.3 Å². The number of carbonyl (C=O) groups is 2. The van der Waals surface area contributed by atoms with Gasteiger partial charge >= 0.3 is 0 Å². The highest BCUT2D eigenvalue weighted by molar-refractivity contribution is 7.99. The summed E-state index contributed by atoms with van der Waals surface area (Å²) in [4.78, 5) is 30.1. The fraction of sp³-hybridized carbons (Fsp3) is 0.136. The standard InChI is InChI=1S/C22H21N3O2S/c1-15-5-8-19(9-6-15)28-21-10-7-18(12-20(21)25-16(2)26)22(27)24-14-17-4-3-11-23-13-17/h3-13H,14H2,1-2H3,(H,24,27)(H,25,26). The van der Waals surface area contributed by atoms with Crippen LogP contribution in [0, 0.1) is 6.92 Å². The van der Waals surface area contributed by atoms with Crippen LogP contribution in [0.4, 0.5) is 5.69 Å². The Balaban J connectivity index is 1.78. The molecule has 0 atom stereocenters. The van der Waals surface area contributed by atoms with Gasteiger partial charge in [0.15, 0.2) is 0 Å². The van der Waals surface area contributed by atoms with Gasteiger partial charge in [0.2, 0.25) is 5.91 Å². The van der Waals surface area contributed by atoms with Crippen LogP contribution in [-0.4, -0.2) is 16.8 Å². The number of nitrogens with one attached hydrogen (secondary N) is 2. The van der Waals surface area contributed by atoms with E-state index in [-0.39, 0.29) is 11.8 Å². The van der Waals surface area contributed by atoms with Crippen molar-refractivity contribution in [2.45, 2.75) is 30.2 Å². The van der Waals surface area contributed by atoms with E-state index in [0.29, 0.717) is 17.8 Å². The van der Waals surface area contributed by atoms with Crippen molar-refractivity contribution in [3.05, 3.63) is 83.7 Å². The van der Waals surface area contributed by atoms with Crippen molar-refractivity contribution in [2.24, 2.45) is 0 Å². The molecule has 0 saturated carbocycles. The summed E-state index contributed by atoms with van der Waals surface area (Å²) in [6.45, 7) is 3.88. The van der Waals surface area contributed by atoms with Crippen molar-refractivity contribution in [1.82, 2.24) is 10.3 Å². The topological polar surface area (TPSA) is 71.1 Å². The predicted molar refractivity (Wildman–Crippen MR) is 111 cm³/mol. The minimum absolute atomic E-state index is 0.182. The van der Waals surface area contributed by atoms with Crippen molar-refractivity contribution in [1.29, 1.82) is 0 Å². The maximum Gasteiger partial charge on any atom is 0.251 e. The van der Waals surface area contributed by atoms with Crippen LogP contribution < -0.4 is 10.6 Å². The van der Waals surface area contributed by atoms with Gasteiger partial charge in [-0.15, -0.1) is 0 Å². The molecule has 142 valence electrons. The number of nitrogens with zero attached hydrogens (tertiary/aromatic N) is 1. The summed E-state index contributed by atoms with van der Waals surface area (Å²) in [5.41, 5.74) is 3.21. The minimum Gasteiger partial charge on any atom is -0.348 e. The van der Waals surface area contributed by atoms with Crippen LogP contribution in [0.2, 0.25) is 0 Å². The molecule has 0 aliphatic carbocycles. The highest BCUT2D eigenvalue weighted by Crippen LogP contribution is 2.34. The predicted octanol–water partition coefficient (Wildman–Crippen LogP) is 4.43. The molecule has 3 rings (SSSR count). The van der Waals surface area contributed by atoms with Gasteiger partial charge in [-0.1, -0.05) is 35.5 Å². The van der Waals surface area contributed by atoms with E-state index in [1.807, 2.05) is 49.4 Å². The first-order chi connectivity index (χ1) is 13.5. The number of carbonyl (C=O) groups excluding carboxylic acids is 2. The fourth-order valence-electron chi connectivity index (χ4n) is 2.57. The molecule has 6 heteroatoms. The molecule has 0 bridgehead atoms. The number of pyridine rings is 1. The SMILES string of the molecule is CC(=O)Nc1cc(C(=O)NCc2cccnc2)ccc1Sc1ccc(C)cc1. The van der Waals surface area contributed by atoms with E-state index in [2.05, 4.69) is 15.6 Å². The summed E-state index contributed by atoms with van der Waals surface area (Å²) in [6.07, 6.45) is 3.40. The Morgan fingerprint density at radius 1 is 1.07 bits per heavy atom. The molecule has 1 aromatic heterocycles. The lowest BCUT2D eigenvalue weighted by Gasteiger charge is -2.12. The van der Waals surface area contributed by atoms with E-state index >= 15 is 0 Å².